The van der Waals surface area contributed by atoms with Crippen molar-refractivity contribution in [1.82, 2.24) is 34.1 Å². The van der Waals surface area contributed by atoms with Crippen molar-refractivity contribution in [2.24, 2.45) is 0 Å². The molecule has 1 aliphatic rings. The summed E-state index contributed by atoms with van der Waals surface area (Å²) in [5, 5.41) is 3.71. The van der Waals surface area contributed by atoms with Gasteiger partial charge < -0.3 is 24.6 Å². The number of oxazole rings is 1. The van der Waals surface area contributed by atoms with E-state index in [2.05, 4.69) is 47.3 Å². The Morgan fingerprint density at radius 1 is 1.03 bits per heavy atom. The fourth-order valence-corrected chi connectivity index (χ4v) is 4.78. The van der Waals surface area contributed by atoms with Gasteiger partial charge in [0.25, 0.3) is 0 Å². The van der Waals surface area contributed by atoms with Crippen LogP contribution in [0.2, 0.25) is 0 Å². The molecule has 5 heterocycles. The lowest BCUT2D eigenvalue weighted by Crippen LogP contribution is -2.42. The van der Waals surface area contributed by atoms with Crippen LogP contribution in [0.15, 0.2) is 59.7 Å². The van der Waals surface area contributed by atoms with Gasteiger partial charge in [-0.05, 0) is 31.0 Å². The zero-order chi connectivity index (χ0) is 23.6. The number of rotatable bonds is 8. The maximum atomic E-state index is 5.74. The van der Waals surface area contributed by atoms with Gasteiger partial charge in [-0.1, -0.05) is 12.1 Å². The molecule has 0 amide bonds. The monoisotopic (exact) mass is 471 g/mol. The van der Waals surface area contributed by atoms with Crippen LogP contribution < -0.4 is 10.7 Å². The number of likely N-dealkylation sites (tertiary alicyclic amines) is 1. The van der Waals surface area contributed by atoms with Crippen molar-refractivity contribution in [3.05, 3.63) is 66.9 Å². The summed E-state index contributed by atoms with van der Waals surface area (Å²) in [4.78, 5) is 20.1. The molecule has 180 valence electrons. The number of hydrogen-bond donors (Lipinski definition) is 2. The predicted molar refractivity (Wildman–Crippen MR) is 135 cm³/mol. The highest BCUT2D eigenvalue weighted by Gasteiger charge is 2.21. The Bertz CT molecular complexity index is 1430. The van der Waals surface area contributed by atoms with E-state index in [1.54, 1.807) is 18.6 Å². The first-order valence-electron chi connectivity index (χ1n) is 12.1. The molecule has 6 rings (SSSR count). The lowest BCUT2D eigenvalue weighted by molar-refractivity contribution is 0.225. The summed E-state index contributed by atoms with van der Waals surface area (Å²) in [5.74, 6) is 2.40. The lowest BCUT2D eigenvalue weighted by atomic mass is 10.1. The Labute approximate surface area is 203 Å². The van der Waals surface area contributed by atoms with Crippen molar-refractivity contribution in [1.29, 1.82) is 0 Å². The third kappa shape index (κ3) is 4.57. The number of anilines is 1. The molecule has 0 unspecified atom stereocenters. The van der Waals surface area contributed by atoms with Crippen LogP contribution in [0.1, 0.15) is 24.5 Å². The number of aryl methyl sites for hydroxylation is 1. The Morgan fingerprint density at radius 3 is 2.77 bits per heavy atom. The van der Waals surface area contributed by atoms with Crippen molar-refractivity contribution >= 4 is 28.0 Å². The SMILES string of the molecule is Cc1ncc(Cn2c(NC3CCN(CCNn4cnc5cnccc54)CC3)nc3ccccc32)o1. The van der Waals surface area contributed by atoms with E-state index in [0.29, 0.717) is 18.5 Å². The number of fused-ring (bicyclic) bond motifs is 2. The van der Waals surface area contributed by atoms with Gasteiger partial charge in [-0.3, -0.25) is 4.98 Å². The van der Waals surface area contributed by atoms with E-state index in [1.165, 1.54) is 0 Å². The third-order valence-electron chi connectivity index (χ3n) is 6.62. The highest BCUT2D eigenvalue weighted by molar-refractivity contribution is 5.78. The Morgan fingerprint density at radius 2 is 1.91 bits per heavy atom. The van der Waals surface area contributed by atoms with Gasteiger partial charge in [0, 0.05) is 45.3 Å². The molecule has 0 saturated carbocycles. The second kappa shape index (κ2) is 9.38. The molecule has 5 aromatic rings. The van der Waals surface area contributed by atoms with E-state index in [-0.39, 0.29) is 0 Å². The summed E-state index contributed by atoms with van der Waals surface area (Å²) < 4.78 is 9.91. The number of piperidine rings is 1. The molecule has 0 radical (unpaired) electrons. The molecule has 1 fully saturated rings. The lowest BCUT2D eigenvalue weighted by Gasteiger charge is -2.32. The van der Waals surface area contributed by atoms with Gasteiger partial charge in [-0.15, -0.1) is 0 Å². The number of hydrogen-bond acceptors (Lipinski definition) is 8. The van der Waals surface area contributed by atoms with Crippen molar-refractivity contribution < 1.29 is 4.42 Å². The largest absolute Gasteiger partial charge is 0.444 e. The van der Waals surface area contributed by atoms with Crippen LogP contribution in [-0.2, 0) is 6.54 Å². The first-order chi connectivity index (χ1) is 17.2. The number of nitrogens with one attached hydrogen (secondary N) is 2. The molecule has 0 aliphatic carbocycles. The fraction of sp³-hybridized carbons (Fsp3) is 0.360. The van der Waals surface area contributed by atoms with Gasteiger partial charge in [0.2, 0.25) is 5.95 Å². The summed E-state index contributed by atoms with van der Waals surface area (Å²) in [5.41, 5.74) is 7.48. The minimum atomic E-state index is 0.385. The Kier molecular flexibility index (Phi) is 5.79. The number of aromatic nitrogens is 6. The molecule has 0 spiro atoms. The smallest absolute Gasteiger partial charge is 0.204 e. The van der Waals surface area contributed by atoms with Crippen molar-refractivity contribution in [3.8, 4) is 0 Å². The average Bonchev–Trinajstić information content (AvgIpc) is 3.58. The predicted octanol–water partition coefficient (Wildman–Crippen LogP) is 3.25. The summed E-state index contributed by atoms with van der Waals surface area (Å²) in [7, 11) is 0. The average molecular weight is 472 g/mol. The molecule has 1 aliphatic heterocycles. The number of nitrogens with zero attached hydrogens (tertiary/aromatic N) is 7. The zero-order valence-corrected chi connectivity index (χ0v) is 19.8. The summed E-state index contributed by atoms with van der Waals surface area (Å²) >= 11 is 0. The van der Waals surface area contributed by atoms with E-state index >= 15 is 0 Å². The van der Waals surface area contributed by atoms with E-state index in [1.807, 2.05) is 36.1 Å². The second-order valence-corrected chi connectivity index (χ2v) is 9.00. The molecule has 1 saturated heterocycles. The van der Waals surface area contributed by atoms with Crippen LogP contribution in [0.3, 0.4) is 0 Å². The van der Waals surface area contributed by atoms with E-state index in [4.69, 9.17) is 9.40 Å². The first kappa shape index (κ1) is 21.6. The zero-order valence-electron chi connectivity index (χ0n) is 19.8. The molecule has 4 aromatic heterocycles. The number of para-hydroxylation sites is 2. The number of imidazole rings is 2. The van der Waals surface area contributed by atoms with Gasteiger partial charge >= 0.3 is 0 Å². The molecule has 2 N–H and O–H groups in total. The molecule has 35 heavy (non-hydrogen) atoms. The van der Waals surface area contributed by atoms with Gasteiger partial charge in [0.1, 0.15) is 17.6 Å². The standard InChI is InChI=1S/C25H29N9O/c1-18-27-14-20(35-18)16-33-23-5-3-2-4-21(23)31-25(33)30-19-7-11-32(12-8-19)13-10-29-34-17-28-22-15-26-9-6-24(22)34/h2-6,9,14-15,17,19,29H,7-8,10-13,16H2,1H3,(H,30,31). The fourth-order valence-electron chi connectivity index (χ4n) is 4.78. The van der Waals surface area contributed by atoms with Crippen LogP contribution in [0, 0.1) is 6.92 Å². The van der Waals surface area contributed by atoms with Gasteiger partial charge in [0.05, 0.1) is 35.5 Å². The third-order valence-corrected chi connectivity index (χ3v) is 6.62. The topological polar surface area (TPSA) is 102 Å². The maximum absolute atomic E-state index is 5.74. The second-order valence-electron chi connectivity index (χ2n) is 9.00. The van der Waals surface area contributed by atoms with Crippen LogP contribution >= 0.6 is 0 Å². The molecule has 0 bridgehead atoms. The summed E-state index contributed by atoms with van der Waals surface area (Å²) in [6, 6.07) is 10.6. The molecule has 10 heteroatoms. The molecule has 0 atom stereocenters. The summed E-state index contributed by atoms with van der Waals surface area (Å²) in [6.07, 6.45) is 9.33. The quantitative estimate of drug-likeness (QED) is 0.356. The van der Waals surface area contributed by atoms with E-state index in [0.717, 1.165) is 72.8 Å². The van der Waals surface area contributed by atoms with Crippen LogP contribution in [0.25, 0.3) is 22.1 Å². The molecular formula is C25H29N9O. The molecule has 1 aromatic carbocycles. The van der Waals surface area contributed by atoms with E-state index in [9.17, 15) is 0 Å². The van der Waals surface area contributed by atoms with Gasteiger partial charge in [0.15, 0.2) is 5.89 Å². The minimum Gasteiger partial charge on any atom is -0.444 e. The highest BCUT2D eigenvalue weighted by atomic mass is 16.4. The minimum absolute atomic E-state index is 0.385. The van der Waals surface area contributed by atoms with Gasteiger partial charge in [-0.25, -0.2) is 19.6 Å². The van der Waals surface area contributed by atoms with Crippen molar-refractivity contribution in [3.63, 3.8) is 0 Å². The highest BCUT2D eigenvalue weighted by Crippen LogP contribution is 2.24. The summed E-state index contributed by atoms with van der Waals surface area (Å²) in [6.45, 7) is 6.42. The number of pyridine rings is 1. The van der Waals surface area contributed by atoms with Crippen molar-refractivity contribution in [2.45, 2.75) is 32.4 Å². The number of benzene rings is 1. The van der Waals surface area contributed by atoms with Crippen LogP contribution in [-0.4, -0.2) is 66.3 Å². The molecule has 10 nitrogen and oxygen atoms in total. The maximum Gasteiger partial charge on any atom is 0.204 e. The normalized spacial score (nSPS) is 15.2. The van der Waals surface area contributed by atoms with E-state index < -0.39 is 0 Å². The Hall–Kier alpha value is -3.92. The van der Waals surface area contributed by atoms with Crippen LogP contribution in [0.5, 0.6) is 0 Å². The Balaban J connectivity index is 1.06. The first-order valence-corrected chi connectivity index (χ1v) is 12.1. The van der Waals surface area contributed by atoms with Crippen molar-refractivity contribution in [2.75, 3.05) is 36.9 Å². The van der Waals surface area contributed by atoms with Crippen LogP contribution in [0.4, 0.5) is 5.95 Å². The van der Waals surface area contributed by atoms with Gasteiger partial charge in [-0.2, -0.15) is 0 Å². The molecular weight excluding hydrogens is 442 g/mol.